The molecule has 1 amide bonds. The number of hydrogen-bond acceptors (Lipinski definition) is 3. The van der Waals surface area contributed by atoms with Crippen LogP contribution < -0.4 is 5.32 Å². The van der Waals surface area contributed by atoms with Crippen molar-refractivity contribution in [2.75, 3.05) is 5.75 Å². The van der Waals surface area contributed by atoms with Crippen LogP contribution in [0.1, 0.15) is 20.3 Å². The van der Waals surface area contributed by atoms with Gasteiger partial charge >= 0.3 is 51.4 Å². The zero-order chi connectivity index (χ0) is 11.4. The summed E-state index contributed by atoms with van der Waals surface area (Å²) in [6.45, 7) is 6.51. The third-order valence-electron chi connectivity index (χ3n) is 1.89. The van der Waals surface area contributed by atoms with Crippen molar-refractivity contribution in [1.82, 2.24) is 5.32 Å². The van der Waals surface area contributed by atoms with Gasteiger partial charge in [0.15, 0.2) is 0 Å². The summed E-state index contributed by atoms with van der Waals surface area (Å²) in [5, 5.41) is 2.45. The molecular formula is C8H16KNO4S. The summed E-state index contributed by atoms with van der Waals surface area (Å²) < 4.78 is 30.0. The van der Waals surface area contributed by atoms with Gasteiger partial charge in [0, 0.05) is 0 Å². The van der Waals surface area contributed by atoms with E-state index in [9.17, 15) is 13.2 Å². The maximum atomic E-state index is 11.0. The van der Waals surface area contributed by atoms with E-state index in [2.05, 4.69) is 11.9 Å². The zero-order valence-corrected chi connectivity index (χ0v) is 9.10. The number of hydrogen-bond donors (Lipinski definition) is 2. The summed E-state index contributed by atoms with van der Waals surface area (Å²) in [6.07, 6.45) is 1.45. The van der Waals surface area contributed by atoms with E-state index in [-0.39, 0.29) is 51.4 Å². The van der Waals surface area contributed by atoms with E-state index in [4.69, 9.17) is 4.55 Å². The topological polar surface area (TPSA) is 83.5 Å². The second-order valence-corrected chi connectivity index (χ2v) is 4.79. The fourth-order valence-corrected chi connectivity index (χ4v) is 2.06. The molecule has 5 nitrogen and oxygen atoms in total. The van der Waals surface area contributed by atoms with E-state index >= 15 is 0 Å². The van der Waals surface area contributed by atoms with Crippen molar-refractivity contribution in [3.8, 4) is 0 Å². The molecule has 0 aliphatic rings. The summed E-state index contributed by atoms with van der Waals surface area (Å²) in [4.78, 5) is 11.0. The van der Waals surface area contributed by atoms with Gasteiger partial charge in [-0.05, 0) is 19.4 Å². The van der Waals surface area contributed by atoms with Gasteiger partial charge in [0.05, 0.1) is 11.3 Å². The molecule has 2 N–H and O–H groups in total. The molecule has 15 heavy (non-hydrogen) atoms. The minimum atomic E-state index is -4.10. The first kappa shape index (κ1) is 18.1. The Hall–Kier alpha value is 0.756. The quantitative estimate of drug-likeness (QED) is 0.404. The summed E-state index contributed by atoms with van der Waals surface area (Å²) in [7, 11) is -4.10. The first-order valence-electron chi connectivity index (χ1n) is 4.12. The first-order chi connectivity index (χ1) is 6.22. The second kappa shape index (κ2) is 7.15. The molecule has 0 spiro atoms. The van der Waals surface area contributed by atoms with Crippen molar-refractivity contribution in [2.45, 2.75) is 25.8 Å². The van der Waals surface area contributed by atoms with Crippen LogP contribution >= 0.6 is 0 Å². The average Bonchev–Trinajstić information content (AvgIpc) is 2.00. The molecule has 1 atom stereocenters. The fourth-order valence-electron chi connectivity index (χ4n) is 0.978. The van der Waals surface area contributed by atoms with Crippen molar-refractivity contribution in [3.05, 3.63) is 12.7 Å². The van der Waals surface area contributed by atoms with Gasteiger partial charge in [-0.3, -0.25) is 9.35 Å². The van der Waals surface area contributed by atoms with Gasteiger partial charge in [-0.15, -0.1) is 0 Å². The molecule has 84 valence electrons. The van der Waals surface area contributed by atoms with Gasteiger partial charge in [0.2, 0.25) is 5.91 Å². The van der Waals surface area contributed by atoms with Crippen molar-refractivity contribution in [1.29, 1.82) is 0 Å². The van der Waals surface area contributed by atoms with Crippen LogP contribution in [0, 0.1) is 0 Å². The van der Waals surface area contributed by atoms with Crippen molar-refractivity contribution in [3.63, 3.8) is 0 Å². The Bertz CT molecular complexity index is 328. The molecular weight excluding hydrogens is 245 g/mol. The van der Waals surface area contributed by atoms with Crippen molar-refractivity contribution < 1.29 is 17.8 Å². The Morgan fingerprint density at radius 1 is 1.60 bits per heavy atom. The minimum absolute atomic E-state index is 0. The van der Waals surface area contributed by atoms with Crippen LogP contribution in [-0.2, 0) is 14.9 Å². The number of rotatable bonds is 5. The molecule has 0 radical (unpaired) electrons. The van der Waals surface area contributed by atoms with Crippen LogP contribution in [0.25, 0.3) is 0 Å². The molecule has 0 bridgehead atoms. The number of carbonyl (C=O) groups is 1. The molecule has 0 aromatic heterocycles. The normalized spacial score (nSPS) is 14.6. The standard InChI is InChI=1S/C8H15NO4S.K.H/c1-4-7(10)9-8(3,5-2)6-14(11,12)13;;/h4H,1,5-6H2,2-3H3,(H,9,10)(H,11,12,13);;. The molecule has 0 saturated heterocycles. The van der Waals surface area contributed by atoms with E-state index in [1.165, 1.54) is 0 Å². The summed E-state index contributed by atoms with van der Waals surface area (Å²) in [6, 6.07) is 0. The van der Waals surface area contributed by atoms with Gasteiger partial charge in [-0.1, -0.05) is 13.5 Å². The zero-order valence-electron chi connectivity index (χ0n) is 8.28. The monoisotopic (exact) mass is 261 g/mol. The van der Waals surface area contributed by atoms with Crippen LogP contribution in [0.3, 0.4) is 0 Å². The number of amides is 1. The van der Waals surface area contributed by atoms with E-state index in [0.29, 0.717) is 6.42 Å². The van der Waals surface area contributed by atoms with Crippen LogP contribution in [0.4, 0.5) is 0 Å². The van der Waals surface area contributed by atoms with Gasteiger partial charge in [0.1, 0.15) is 0 Å². The molecule has 0 aliphatic carbocycles. The van der Waals surface area contributed by atoms with Crippen LogP contribution in [0.15, 0.2) is 12.7 Å². The Kier molecular flexibility index (Phi) is 8.65. The second-order valence-electron chi connectivity index (χ2n) is 3.33. The SMILES string of the molecule is C=CC(=O)NC(C)(CC)CS(=O)(=O)O.[KH]. The van der Waals surface area contributed by atoms with Crippen LogP contribution in [0.2, 0.25) is 0 Å². The molecule has 0 saturated carbocycles. The van der Waals surface area contributed by atoms with Crippen molar-refractivity contribution in [2.24, 2.45) is 0 Å². The third kappa shape index (κ3) is 8.55. The molecule has 7 heteroatoms. The van der Waals surface area contributed by atoms with Gasteiger partial charge in [-0.25, -0.2) is 0 Å². The van der Waals surface area contributed by atoms with E-state index in [1.807, 2.05) is 0 Å². The Labute approximate surface area is 133 Å². The van der Waals surface area contributed by atoms with Gasteiger partial charge < -0.3 is 5.32 Å². The molecule has 0 heterocycles. The molecule has 0 aliphatic heterocycles. The Morgan fingerprint density at radius 2 is 2.07 bits per heavy atom. The molecule has 1 unspecified atom stereocenters. The van der Waals surface area contributed by atoms with Crippen molar-refractivity contribution >= 4 is 67.4 Å². The van der Waals surface area contributed by atoms with Crippen LogP contribution in [0.5, 0.6) is 0 Å². The van der Waals surface area contributed by atoms with Gasteiger partial charge in [0.25, 0.3) is 10.1 Å². The summed E-state index contributed by atoms with van der Waals surface area (Å²) in [5.74, 6) is -0.964. The van der Waals surface area contributed by atoms with E-state index < -0.39 is 27.3 Å². The average molecular weight is 261 g/mol. The molecule has 0 rings (SSSR count). The molecule has 0 aromatic carbocycles. The Morgan fingerprint density at radius 3 is 2.33 bits per heavy atom. The fraction of sp³-hybridized carbons (Fsp3) is 0.625. The van der Waals surface area contributed by atoms with Gasteiger partial charge in [-0.2, -0.15) is 8.42 Å². The predicted octanol–water partition coefficient (Wildman–Crippen LogP) is -0.303. The molecule has 0 fully saturated rings. The number of nitrogens with one attached hydrogen (secondary N) is 1. The number of carbonyl (C=O) groups excluding carboxylic acids is 1. The first-order valence-corrected chi connectivity index (χ1v) is 5.73. The predicted molar refractivity (Wildman–Crippen MR) is 60.6 cm³/mol. The molecule has 0 aromatic rings. The summed E-state index contributed by atoms with van der Waals surface area (Å²) in [5.41, 5.74) is -0.959. The maximum absolute atomic E-state index is 11.0. The third-order valence-corrected chi connectivity index (χ3v) is 2.89. The van der Waals surface area contributed by atoms with E-state index in [1.54, 1.807) is 13.8 Å². The van der Waals surface area contributed by atoms with Crippen LogP contribution in [-0.4, -0.2) is 81.6 Å². The Balaban J connectivity index is 0. The summed E-state index contributed by atoms with van der Waals surface area (Å²) >= 11 is 0. The van der Waals surface area contributed by atoms with E-state index in [0.717, 1.165) is 6.08 Å².